The molecular formula is C5H6F4O3. The zero-order valence-corrected chi connectivity index (χ0v) is 5.81. The maximum Gasteiger partial charge on any atom is 0.513 e. The summed E-state index contributed by atoms with van der Waals surface area (Å²) < 4.78 is 53.2. The molecule has 0 fully saturated rings. The second-order valence-corrected chi connectivity index (χ2v) is 1.61. The fraction of sp³-hybridized carbons (Fsp3) is 0.800. The SMILES string of the molecule is O=C(OC(F)CF)OC(F)CF. The molecule has 0 aromatic heterocycles. The van der Waals surface area contributed by atoms with Crippen LogP contribution < -0.4 is 0 Å². The highest BCUT2D eigenvalue weighted by atomic mass is 19.2. The molecule has 0 rings (SSSR count). The van der Waals surface area contributed by atoms with Gasteiger partial charge in [0.25, 0.3) is 12.7 Å². The lowest BCUT2D eigenvalue weighted by Gasteiger charge is -2.07. The normalized spacial score (nSPS) is 15.0. The van der Waals surface area contributed by atoms with E-state index in [0.29, 0.717) is 0 Å². The van der Waals surface area contributed by atoms with Crippen LogP contribution in [0.2, 0.25) is 0 Å². The highest BCUT2D eigenvalue weighted by molar-refractivity contribution is 5.60. The predicted molar refractivity (Wildman–Crippen MR) is 29.3 cm³/mol. The molecule has 72 valence electrons. The zero-order valence-electron chi connectivity index (χ0n) is 5.81. The number of rotatable bonds is 4. The van der Waals surface area contributed by atoms with Crippen LogP contribution in [-0.2, 0) is 9.47 Å². The second kappa shape index (κ2) is 5.62. The lowest BCUT2D eigenvalue weighted by molar-refractivity contribution is -0.0842. The van der Waals surface area contributed by atoms with Gasteiger partial charge >= 0.3 is 6.16 Å². The van der Waals surface area contributed by atoms with Crippen molar-refractivity contribution in [1.82, 2.24) is 0 Å². The molecule has 0 saturated heterocycles. The number of carbonyl (C=O) groups is 1. The van der Waals surface area contributed by atoms with Gasteiger partial charge in [-0.05, 0) is 0 Å². The summed E-state index contributed by atoms with van der Waals surface area (Å²) in [6.45, 7) is -3.14. The average Bonchev–Trinajstić information content (AvgIpc) is 2.03. The van der Waals surface area contributed by atoms with Crippen LogP contribution in [0.3, 0.4) is 0 Å². The highest BCUT2D eigenvalue weighted by Gasteiger charge is 2.18. The molecule has 0 aromatic rings. The van der Waals surface area contributed by atoms with Crippen LogP contribution >= 0.6 is 0 Å². The lowest BCUT2D eigenvalue weighted by atomic mass is 10.7. The van der Waals surface area contributed by atoms with E-state index in [1.54, 1.807) is 0 Å². The lowest BCUT2D eigenvalue weighted by Crippen LogP contribution is -2.21. The van der Waals surface area contributed by atoms with E-state index in [-0.39, 0.29) is 0 Å². The molecule has 7 heteroatoms. The molecule has 0 bridgehead atoms. The van der Waals surface area contributed by atoms with Crippen LogP contribution in [0, 0.1) is 0 Å². The Morgan fingerprint density at radius 2 is 1.42 bits per heavy atom. The Hall–Kier alpha value is -1.01. The zero-order chi connectivity index (χ0) is 9.56. The molecule has 0 aliphatic carbocycles. The Kier molecular flexibility index (Phi) is 5.14. The van der Waals surface area contributed by atoms with Crippen molar-refractivity contribution in [3.63, 3.8) is 0 Å². The number of alkyl halides is 4. The quantitative estimate of drug-likeness (QED) is 0.499. The van der Waals surface area contributed by atoms with Crippen molar-refractivity contribution < 1.29 is 31.8 Å². The van der Waals surface area contributed by atoms with Crippen LogP contribution in [0.25, 0.3) is 0 Å². The molecule has 0 radical (unpaired) electrons. The maximum atomic E-state index is 11.8. The molecule has 0 aliphatic rings. The molecule has 0 heterocycles. The van der Waals surface area contributed by atoms with Crippen LogP contribution in [-0.4, -0.2) is 32.2 Å². The van der Waals surface area contributed by atoms with Gasteiger partial charge in [-0.1, -0.05) is 0 Å². The fourth-order valence-electron chi connectivity index (χ4n) is 0.300. The molecular weight excluding hydrogens is 184 g/mol. The van der Waals surface area contributed by atoms with Gasteiger partial charge in [-0.15, -0.1) is 0 Å². The smallest absolute Gasteiger partial charge is 0.397 e. The first-order valence-corrected chi connectivity index (χ1v) is 2.87. The van der Waals surface area contributed by atoms with Gasteiger partial charge in [0, 0.05) is 0 Å². The number of carbonyl (C=O) groups excluding carboxylic acids is 1. The van der Waals surface area contributed by atoms with E-state index in [1.807, 2.05) is 0 Å². The maximum absolute atomic E-state index is 11.8. The molecule has 2 atom stereocenters. The van der Waals surface area contributed by atoms with Gasteiger partial charge in [-0.3, -0.25) is 0 Å². The third kappa shape index (κ3) is 4.75. The van der Waals surface area contributed by atoms with E-state index < -0.39 is 32.2 Å². The first kappa shape index (κ1) is 11.0. The van der Waals surface area contributed by atoms with Crippen molar-refractivity contribution in [1.29, 1.82) is 0 Å². The Morgan fingerprint density at radius 1 is 1.08 bits per heavy atom. The first-order valence-electron chi connectivity index (χ1n) is 2.87. The van der Waals surface area contributed by atoms with Crippen molar-refractivity contribution in [2.75, 3.05) is 13.3 Å². The van der Waals surface area contributed by atoms with E-state index in [4.69, 9.17) is 0 Å². The van der Waals surface area contributed by atoms with Gasteiger partial charge in [0.1, 0.15) is 0 Å². The molecule has 12 heavy (non-hydrogen) atoms. The molecule has 0 spiro atoms. The van der Waals surface area contributed by atoms with Crippen LogP contribution in [0.1, 0.15) is 0 Å². The summed E-state index contributed by atoms with van der Waals surface area (Å²) in [6, 6.07) is 0. The fourth-order valence-corrected chi connectivity index (χ4v) is 0.300. The molecule has 0 saturated carbocycles. The summed E-state index contributed by atoms with van der Waals surface area (Å²) >= 11 is 0. The standard InChI is InChI=1S/C5H6F4O3/c6-1-3(8)11-5(10)12-4(9)2-7/h3-4H,1-2H2. The average molecular weight is 190 g/mol. The summed E-state index contributed by atoms with van der Waals surface area (Å²) in [7, 11) is 0. The van der Waals surface area contributed by atoms with E-state index in [1.165, 1.54) is 0 Å². The summed E-state index contributed by atoms with van der Waals surface area (Å²) in [5, 5.41) is 0. The predicted octanol–water partition coefficient (Wildman–Crippen LogP) is 1.67. The number of ether oxygens (including phenoxy) is 2. The minimum Gasteiger partial charge on any atom is -0.397 e. The summed E-state index contributed by atoms with van der Waals surface area (Å²) in [5.74, 6) is 0. The van der Waals surface area contributed by atoms with E-state index in [2.05, 4.69) is 9.47 Å². The molecule has 0 aromatic carbocycles. The molecule has 0 N–H and O–H groups in total. The van der Waals surface area contributed by atoms with Gasteiger partial charge in [-0.2, -0.15) is 8.78 Å². The number of hydrogen-bond donors (Lipinski definition) is 0. The molecule has 0 amide bonds. The van der Waals surface area contributed by atoms with Crippen molar-refractivity contribution >= 4 is 6.16 Å². The number of halogens is 4. The van der Waals surface area contributed by atoms with Crippen LogP contribution in [0.15, 0.2) is 0 Å². The third-order valence-corrected chi connectivity index (χ3v) is 0.691. The van der Waals surface area contributed by atoms with Gasteiger partial charge < -0.3 is 9.47 Å². The van der Waals surface area contributed by atoms with Crippen LogP contribution in [0.4, 0.5) is 22.4 Å². The van der Waals surface area contributed by atoms with Crippen molar-refractivity contribution in [2.24, 2.45) is 0 Å². The Balaban J connectivity index is 3.59. The van der Waals surface area contributed by atoms with Crippen LogP contribution in [0.5, 0.6) is 0 Å². The minimum atomic E-state index is -2.51. The minimum absolute atomic E-state index is 1.57. The molecule has 0 aliphatic heterocycles. The monoisotopic (exact) mass is 190 g/mol. The highest BCUT2D eigenvalue weighted by Crippen LogP contribution is 2.01. The van der Waals surface area contributed by atoms with Crippen molar-refractivity contribution in [3.05, 3.63) is 0 Å². The van der Waals surface area contributed by atoms with Gasteiger partial charge in [0.2, 0.25) is 0 Å². The molecule has 3 nitrogen and oxygen atoms in total. The largest absolute Gasteiger partial charge is 0.513 e. The van der Waals surface area contributed by atoms with E-state index in [9.17, 15) is 22.4 Å². The van der Waals surface area contributed by atoms with E-state index in [0.717, 1.165) is 0 Å². The van der Waals surface area contributed by atoms with E-state index >= 15 is 0 Å². The Morgan fingerprint density at radius 3 is 1.67 bits per heavy atom. The topological polar surface area (TPSA) is 35.5 Å². The van der Waals surface area contributed by atoms with Crippen molar-refractivity contribution in [3.8, 4) is 0 Å². The van der Waals surface area contributed by atoms with Gasteiger partial charge in [0.15, 0.2) is 13.3 Å². The second-order valence-electron chi connectivity index (χ2n) is 1.61. The summed E-state index contributed by atoms with van der Waals surface area (Å²) in [6.07, 6.45) is -6.81. The summed E-state index contributed by atoms with van der Waals surface area (Å²) in [5.41, 5.74) is 0. The molecule has 2 unspecified atom stereocenters. The summed E-state index contributed by atoms with van der Waals surface area (Å²) in [4.78, 5) is 10.1. The van der Waals surface area contributed by atoms with Crippen molar-refractivity contribution in [2.45, 2.75) is 12.7 Å². The third-order valence-electron chi connectivity index (χ3n) is 0.691. The van der Waals surface area contributed by atoms with Gasteiger partial charge in [-0.25, -0.2) is 13.6 Å². The first-order chi connectivity index (χ1) is 5.60. The van der Waals surface area contributed by atoms with Gasteiger partial charge in [0.05, 0.1) is 0 Å². The number of hydrogen-bond acceptors (Lipinski definition) is 3. The Labute approximate surface area is 65.2 Å². The Bertz CT molecular complexity index is 129.